The second-order valence-electron chi connectivity index (χ2n) is 18.5. The summed E-state index contributed by atoms with van der Waals surface area (Å²) in [6.45, 7) is 10.9. The van der Waals surface area contributed by atoms with Gasteiger partial charge in [0.2, 0.25) is 0 Å². The molecule has 0 atom stereocenters. The number of pyridine rings is 1. The van der Waals surface area contributed by atoms with Gasteiger partial charge in [-0.2, -0.15) is 0 Å². The number of fused-ring (bicyclic) bond motifs is 4. The maximum Gasteiger partial charge on any atom is 0.144 e. The quantitative estimate of drug-likeness (QED) is 0.141. The number of para-hydroxylation sites is 4. The van der Waals surface area contributed by atoms with Crippen molar-refractivity contribution in [2.24, 2.45) is 0 Å². The topological polar surface area (TPSA) is 63.0 Å². The molecule has 0 aliphatic carbocycles. The molecule has 0 radical (unpaired) electrons. The minimum Gasteiger partial charge on any atom is -0.488 e. The number of rotatable bonds is 8. The van der Waals surface area contributed by atoms with E-state index in [-0.39, 0.29) is 26.5 Å². The van der Waals surface area contributed by atoms with Gasteiger partial charge >= 0.3 is 0 Å². The Hall–Kier alpha value is -7.99. The molecule has 70 heavy (non-hydrogen) atoms. The Kier molecular flexibility index (Phi) is 11.5. The molecule has 0 spiro atoms. The van der Waals surface area contributed by atoms with Gasteiger partial charge in [0.1, 0.15) is 11.6 Å². The average Bonchev–Trinajstić information content (AvgIpc) is 3.95. The molecule has 7 nitrogen and oxygen atoms in total. The van der Waals surface area contributed by atoms with Crippen LogP contribution in [0.4, 0.5) is 22.7 Å². The third-order valence-electron chi connectivity index (χ3n) is 13.0. The van der Waals surface area contributed by atoms with E-state index >= 15 is 0 Å². The van der Waals surface area contributed by atoms with E-state index in [2.05, 4.69) is 249 Å². The van der Waals surface area contributed by atoms with Crippen LogP contribution in [0.15, 0.2) is 200 Å². The Balaban J connectivity index is 0.00000533. The molecule has 0 bridgehead atoms. The zero-order chi connectivity index (χ0) is 46.6. The van der Waals surface area contributed by atoms with Gasteiger partial charge in [0.05, 0.1) is 11.6 Å². The van der Waals surface area contributed by atoms with Gasteiger partial charge in [-0.05, 0) is 70.3 Å². The molecule has 4 heterocycles. The van der Waals surface area contributed by atoms with E-state index in [4.69, 9.17) is 19.9 Å². The molecule has 8 heteroatoms. The molecule has 11 aromatic rings. The molecule has 3 aromatic heterocycles. The normalized spacial score (nSPS) is 12.3. The Labute approximate surface area is 423 Å². The number of nitrogens with zero attached hydrogens (tertiary/aromatic N) is 7. The third kappa shape index (κ3) is 8.06. The predicted molar refractivity (Wildman–Crippen MR) is 282 cm³/mol. The first-order chi connectivity index (χ1) is 33.7. The van der Waals surface area contributed by atoms with E-state index in [9.17, 15) is 0 Å². The summed E-state index contributed by atoms with van der Waals surface area (Å²) >= 11 is 0. The number of benzene rings is 8. The first-order valence-corrected chi connectivity index (χ1v) is 23.3. The van der Waals surface area contributed by atoms with Crippen molar-refractivity contribution in [3.8, 4) is 62.2 Å². The van der Waals surface area contributed by atoms with Crippen LogP contribution in [0.1, 0.15) is 31.9 Å². The monoisotopic (exact) mass is 1080 g/mol. The molecular weight excluding hydrogens is 1040 g/mol. The molecule has 342 valence electrons. The van der Waals surface area contributed by atoms with Crippen LogP contribution in [0.2, 0.25) is 0 Å². The maximum absolute atomic E-state index is 5.24. The summed E-state index contributed by atoms with van der Waals surface area (Å²) in [6.07, 6.45) is 1.90. The Morgan fingerprint density at radius 3 is 1.79 bits per heavy atom. The van der Waals surface area contributed by atoms with Crippen LogP contribution in [0.3, 0.4) is 0 Å². The van der Waals surface area contributed by atoms with Gasteiger partial charge in [0.25, 0.3) is 0 Å². The van der Waals surface area contributed by atoms with Crippen molar-refractivity contribution in [2.45, 2.75) is 33.1 Å². The van der Waals surface area contributed by atoms with E-state index < -0.39 is 0 Å². The first kappa shape index (κ1) is 44.5. The van der Waals surface area contributed by atoms with Gasteiger partial charge in [-0.1, -0.05) is 171 Å². The van der Waals surface area contributed by atoms with Crippen LogP contribution < -0.4 is 9.80 Å². The fraction of sp³-hybridized carbons (Fsp3) is 0.0806. The number of anilines is 4. The van der Waals surface area contributed by atoms with Gasteiger partial charge in [-0.25, -0.2) is 4.98 Å². The summed E-state index contributed by atoms with van der Waals surface area (Å²) in [5, 5.41) is 2.20. The van der Waals surface area contributed by atoms with E-state index in [1.165, 1.54) is 5.56 Å². The first-order valence-electron chi connectivity index (χ1n) is 23.3. The van der Waals surface area contributed by atoms with Gasteiger partial charge in [0.15, 0.2) is 0 Å². The smallest absolute Gasteiger partial charge is 0.144 e. The zero-order valence-corrected chi connectivity index (χ0v) is 41.3. The average molecular weight is 1080 g/mol. The van der Waals surface area contributed by atoms with Crippen LogP contribution in [0.5, 0.6) is 0 Å². The van der Waals surface area contributed by atoms with Crippen LogP contribution in [-0.4, -0.2) is 24.5 Å². The van der Waals surface area contributed by atoms with E-state index in [1.807, 2.05) is 12.3 Å². The van der Waals surface area contributed by atoms with E-state index in [0.717, 1.165) is 94.9 Å². The molecular formula is C62H46N7Pt-3. The molecule has 0 N–H and O–H groups in total. The number of aryl methyl sites for hydroxylation is 1. The minimum absolute atomic E-state index is 0. The fourth-order valence-corrected chi connectivity index (χ4v) is 9.43. The molecule has 0 saturated heterocycles. The van der Waals surface area contributed by atoms with Crippen molar-refractivity contribution in [3.05, 3.63) is 230 Å². The van der Waals surface area contributed by atoms with Gasteiger partial charge in [0, 0.05) is 66.5 Å². The molecule has 12 rings (SSSR count). The second kappa shape index (κ2) is 18.2. The van der Waals surface area contributed by atoms with Crippen molar-refractivity contribution >= 4 is 44.6 Å². The van der Waals surface area contributed by atoms with Crippen molar-refractivity contribution < 1.29 is 21.1 Å². The van der Waals surface area contributed by atoms with Crippen molar-refractivity contribution in [1.82, 2.24) is 24.5 Å². The third-order valence-corrected chi connectivity index (χ3v) is 13.0. The summed E-state index contributed by atoms with van der Waals surface area (Å²) < 4.78 is 2.21. The summed E-state index contributed by atoms with van der Waals surface area (Å²) in [5.41, 5.74) is 15.2. The maximum atomic E-state index is 5.24. The van der Waals surface area contributed by atoms with Crippen LogP contribution in [-0.2, 0) is 26.5 Å². The van der Waals surface area contributed by atoms with Gasteiger partial charge < -0.3 is 19.4 Å². The molecule has 0 amide bonds. The Bertz CT molecular complexity index is 3650. The zero-order valence-electron chi connectivity index (χ0n) is 39.1. The Morgan fingerprint density at radius 1 is 0.500 bits per heavy atom. The van der Waals surface area contributed by atoms with E-state index in [1.54, 1.807) is 0 Å². The van der Waals surface area contributed by atoms with Gasteiger partial charge in [-0.15, -0.1) is 60.3 Å². The van der Waals surface area contributed by atoms with Crippen LogP contribution >= 0.6 is 0 Å². The van der Waals surface area contributed by atoms with Crippen molar-refractivity contribution in [1.29, 1.82) is 0 Å². The van der Waals surface area contributed by atoms with Crippen molar-refractivity contribution in [3.63, 3.8) is 0 Å². The number of hydrogen-bond donors (Lipinski definition) is 0. The van der Waals surface area contributed by atoms with Gasteiger partial charge in [-0.3, -0.25) is 9.97 Å². The summed E-state index contributed by atoms with van der Waals surface area (Å²) in [7, 11) is 0. The predicted octanol–water partition coefficient (Wildman–Crippen LogP) is 15.3. The number of aromatic nitrogens is 5. The summed E-state index contributed by atoms with van der Waals surface area (Å²) in [4.78, 5) is 25.0. The molecule has 0 fully saturated rings. The molecule has 1 aliphatic rings. The van der Waals surface area contributed by atoms with Crippen LogP contribution in [0, 0.1) is 25.7 Å². The second-order valence-corrected chi connectivity index (χ2v) is 18.5. The minimum atomic E-state index is -0.0530. The molecule has 0 saturated carbocycles. The van der Waals surface area contributed by atoms with E-state index in [0.29, 0.717) is 17.5 Å². The summed E-state index contributed by atoms with van der Waals surface area (Å²) in [6, 6.07) is 75.3. The van der Waals surface area contributed by atoms with Crippen LogP contribution in [0.25, 0.3) is 84.0 Å². The Morgan fingerprint density at radius 2 is 1.10 bits per heavy atom. The molecule has 1 aliphatic heterocycles. The molecule has 8 aromatic carbocycles. The molecule has 0 unspecified atom stereocenters. The SMILES string of the molecule is Cc1ccc(-c2nc(-c3[c-]c(N4[CH-]N(c5c(-c6ccccc6)cccc5-c5ccccc5)c5ccccc54)ccc3)nc(-c3[c-]c4c(cc3)c3ccccc3n4-c3cc(C(C)(C)C)ccn3)n2)cc1.[Pt]. The largest absolute Gasteiger partial charge is 0.488 e. The number of hydrogen-bond acceptors (Lipinski definition) is 6. The summed E-state index contributed by atoms with van der Waals surface area (Å²) in [5.74, 6) is 2.43. The van der Waals surface area contributed by atoms with Crippen molar-refractivity contribution in [2.75, 3.05) is 9.80 Å². The fourth-order valence-electron chi connectivity index (χ4n) is 9.43. The standard InChI is InChI=1S/C62H46N7.Pt/c1-41-29-31-44(32-30-41)59-64-60(66-61(65-59)46-33-34-52-51-23-11-12-26-53(51)69(56(52)38-46)57-39-47(35-36-63-57)62(2,3)4)45-21-15-22-48(37-45)67-40-68(55-28-14-13-27-54(55)67)58-49(42-17-7-5-8-18-42)24-16-25-50(58)43-19-9-6-10-20-43;/h5-36,39-40H,1-4H3;/q-3;.